The van der Waals surface area contributed by atoms with Gasteiger partial charge in [-0.3, -0.25) is 0 Å². The van der Waals surface area contributed by atoms with Crippen LogP contribution in [0.5, 0.6) is 11.5 Å². The fraction of sp³-hybridized carbons (Fsp3) is 0.200. The second-order valence-electron chi connectivity index (χ2n) is 4.45. The number of aromatic nitrogens is 1. The van der Waals surface area contributed by atoms with E-state index in [1.54, 1.807) is 14.0 Å². The van der Waals surface area contributed by atoms with E-state index in [9.17, 15) is 4.79 Å². The number of benzene rings is 1. The number of carbonyl (C=O) groups is 1. The summed E-state index contributed by atoms with van der Waals surface area (Å²) in [7, 11) is 1.58. The minimum absolute atomic E-state index is 0.0333. The molecule has 0 amide bonds. The van der Waals surface area contributed by atoms with Gasteiger partial charge in [-0.2, -0.15) is 5.26 Å². The van der Waals surface area contributed by atoms with Gasteiger partial charge in [0.25, 0.3) is 0 Å². The van der Waals surface area contributed by atoms with E-state index in [0.717, 1.165) is 0 Å². The van der Waals surface area contributed by atoms with Crippen molar-refractivity contribution in [1.29, 1.82) is 5.26 Å². The molecule has 0 saturated heterocycles. The summed E-state index contributed by atoms with van der Waals surface area (Å²) in [6.07, 6.45) is 0. The third kappa shape index (κ3) is 3.56. The summed E-state index contributed by atoms with van der Waals surface area (Å²) >= 11 is 17.9. The fourth-order valence-electron chi connectivity index (χ4n) is 1.88. The highest BCUT2D eigenvalue weighted by Crippen LogP contribution is 2.37. The lowest BCUT2D eigenvalue weighted by Gasteiger charge is -2.13. The second-order valence-corrected chi connectivity index (χ2v) is 5.62. The van der Waals surface area contributed by atoms with E-state index in [-0.39, 0.29) is 32.4 Å². The first kappa shape index (κ1) is 17.5. The maximum Gasteiger partial charge on any atom is 0.360 e. The van der Waals surface area contributed by atoms with Crippen LogP contribution in [0, 0.1) is 11.3 Å². The van der Waals surface area contributed by atoms with E-state index < -0.39 is 5.97 Å². The number of hydrogen-bond acceptors (Lipinski definition) is 4. The van der Waals surface area contributed by atoms with Crippen molar-refractivity contribution in [2.75, 3.05) is 6.61 Å². The quantitative estimate of drug-likeness (QED) is 0.585. The van der Waals surface area contributed by atoms with E-state index in [2.05, 4.69) is 0 Å². The number of nitrogens with zero attached hydrogens (tertiary/aromatic N) is 2. The number of hydrogen-bond donors (Lipinski definition) is 0. The first-order valence-electron chi connectivity index (χ1n) is 6.48. The number of rotatable bonds is 4. The molecular formula is C15H11Cl3N2O3. The van der Waals surface area contributed by atoms with E-state index >= 15 is 0 Å². The molecule has 0 aliphatic heterocycles. The van der Waals surface area contributed by atoms with Crippen LogP contribution in [0.1, 0.15) is 23.0 Å². The molecular weight excluding hydrogens is 363 g/mol. The van der Waals surface area contributed by atoms with Gasteiger partial charge in [0, 0.05) is 13.1 Å². The van der Waals surface area contributed by atoms with Crippen LogP contribution >= 0.6 is 34.8 Å². The smallest absolute Gasteiger partial charge is 0.360 e. The predicted molar refractivity (Wildman–Crippen MR) is 87.7 cm³/mol. The van der Waals surface area contributed by atoms with Gasteiger partial charge in [-0.25, -0.2) is 4.79 Å². The minimum atomic E-state index is -0.700. The van der Waals surface area contributed by atoms with Crippen molar-refractivity contribution >= 4 is 40.8 Å². The van der Waals surface area contributed by atoms with Gasteiger partial charge in [-0.15, -0.1) is 0 Å². The molecule has 0 unspecified atom stereocenters. The normalized spacial score (nSPS) is 10.3. The molecule has 1 aromatic carbocycles. The van der Waals surface area contributed by atoms with Crippen LogP contribution in [0.3, 0.4) is 0 Å². The lowest BCUT2D eigenvalue weighted by Crippen LogP contribution is -2.14. The monoisotopic (exact) mass is 372 g/mol. The number of carbonyl (C=O) groups excluding carboxylic acids is 1. The highest BCUT2D eigenvalue weighted by atomic mass is 35.5. The molecule has 0 atom stereocenters. The SMILES string of the molecule is CCOc1cc(C#N)cc(Cl)c1OC(=O)c1cc(Cl)c(Cl)n1C. The van der Waals surface area contributed by atoms with Crippen molar-refractivity contribution in [3.8, 4) is 17.6 Å². The zero-order valence-corrected chi connectivity index (χ0v) is 14.5. The van der Waals surface area contributed by atoms with Crippen molar-refractivity contribution in [2.24, 2.45) is 7.05 Å². The second kappa shape index (κ2) is 7.14. The summed E-state index contributed by atoms with van der Waals surface area (Å²) in [6, 6.07) is 6.18. The first-order chi connectivity index (χ1) is 10.9. The highest BCUT2D eigenvalue weighted by molar-refractivity contribution is 6.41. The van der Waals surface area contributed by atoms with Crippen molar-refractivity contribution in [2.45, 2.75) is 6.92 Å². The van der Waals surface area contributed by atoms with Gasteiger partial charge in [-0.1, -0.05) is 34.8 Å². The summed E-state index contributed by atoms with van der Waals surface area (Å²) in [5, 5.41) is 9.51. The zero-order chi connectivity index (χ0) is 17.1. The summed E-state index contributed by atoms with van der Waals surface area (Å²) in [4.78, 5) is 12.3. The van der Waals surface area contributed by atoms with Gasteiger partial charge in [0.2, 0.25) is 0 Å². The number of halogens is 3. The van der Waals surface area contributed by atoms with Crippen LogP contribution in [0.4, 0.5) is 0 Å². The van der Waals surface area contributed by atoms with Crippen LogP contribution in [0.25, 0.3) is 0 Å². The molecule has 8 heteroatoms. The number of nitriles is 1. The van der Waals surface area contributed by atoms with Crippen LogP contribution in [0.2, 0.25) is 15.2 Å². The standard InChI is InChI=1S/C15H11Cl3N2O3/c1-3-22-12-5-8(7-19)4-9(16)13(12)23-15(21)11-6-10(17)14(18)20(11)2/h4-6H,3H2,1-2H3. The molecule has 0 aliphatic rings. The Morgan fingerprint density at radius 2 is 1.96 bits per heavy atom. The lowest BCUT2D eigenvalue weighted by molar-refractivity contribution is 0.0718. The molecule has 0 fully saturated rings. The molecule has 23 heavy (non-hydrogen) atoms. The minimum Gasteiger partial charge on any atom is -0.490 e. The molecule has 0 N–H and O–H groups in total. The van der Waals surface area contributed by atoms with Gasteiger partial charge < -0.3 is 14.0 Å². The highest BCUT2D eigenvalue weighted by Gasteiger charge is 2.21. The first-order valence-corrected chi connectivity index (χ1v) is 7.61. The number of ether oxygens (including phenoxy) is 2. The van der Waals surface area contributed by atoms with Gasteiger partial charge in [0.05, 0.1) is 28.3 Å². The van der Waals surface area contributed by atoms with Crippen molar-refractivity contribution in [1.82, 2.24) is 4.57 Å². The van der Waals surface area contributed by atoms with Gasteiger partial charge in [0.1, 0.15) is 10.8 Å². The Morgan fingerprint density at radius 3 is 2.48 bits per heavy atom. The molecule has 5 nitrogen and oxygen atoms in total. The zero-order valence-electron chi connectivity index (χ0n) is 12.2. The third-order valence-electron chi connectivity index (χ3n) is 2.96. The summed E-state index contributed by atoms with van der Waals surface area (Å²) < 4.78 is 12.1. The maximum absolute atomic E-state index is 12.3. The Kier molecular flexibility index (Phi) is 5.42. The van der Waals surface area contributed by atoms with Crippen LogP contribution in [0.15, 0.2) is 18.2 Å². The summed E-state index contributed by atoms with van der Waals surface area (Å²) in [5.74, 6) is -0.462. The predicted octanol–water partition coefficient (Wildman–Crippen LogP) is 4.47. The maximum atomic E-state index is 12.3. The molecule has 120 valence electrons. The summed E-state index contributed by atoms with van der Waals surface area (Å²) in [5.41, 5.74) is 0.450. The molecule has 0 saturated carbocycles. The average molecular weight is 374 g/mol. The molecule has 2 rings (SSSR count). The van der Waals surface area contributed by atoms with Crippen molar-refractivity contribution < 1.29 is 14.3 Å². The van der Waals surface area contributed by atoms with Crippen molar-refractivity contribution in [3.63, 3.8) is 0 Å². The van der Waals surface area contributed by atoms with E-state index in [0.29, 0.717) is 12.2 Å². The molecule has 1 heterocycles. The average Bonchev–Trinajstić information content (AvgIpc) is 2.78. The Bertz CT molecular complexity index is 809. The summed E-state index contributed by atoms with van der Waals surface area (Å²) in [6.45, 7) is 2.08. The van der Waals surface area contributed by atoms with Crippen LogP contribution in [-0.2, 0) is 7.05 Å². The third-order valence-corrected chi connectivity index (χ3v) is 4.08. The van der Waals surface area contributed by atoms with Gasteiger partial charge >= 0.3 is 5.97 Å². The molecule has 0 bridgehead atoms. The van der Waals surface area contributed by atoms with E-state index in [1.165, 1.54) is 22.8 Å². The van der Waals surface area contributed by atoms with E-state index in [4.69, 9.17) is 49.5 Å². The van der Waals surface area contributed by atoms with E-state index in [1.807, 2.05) is 6.07 Å². The molecule has 0 radical (unpaired) electrons. The van der Waals surface area contributed by atoms with Gasteiger partial charge in [0.15, 0.2) is 11.5 Å². The Morgan fingerprint density at radius 1 is 1.26 bits per heavy atom. The fourth-order valence-corrected chi connectivity index (χ4v) is 2.50. The molecule has 0 spiro atoms. The van der Waals surface area contributed by atoms with Crippen LogP contribution < -0.4 is 9.47 Å². The topological polar surface area (TPSA) is 64.2 Å². The number of esters is 1. The van der Waals surface area contributed by atoms with Crippen molar-refractivity contribution in [3.05, 3.63) is 44.7 Å². The molecule has 0 aliphatic carbocycles. The lowest BCUT2D eigenvalue weighted by atomic mass is 10.2. The Balaban J connectivity index is 2.41. The largest absolute Gasteiger partial charge is 0.490 e. The Hall–Kier alpha value is -1.87. The Labute approximate surface area is 147 Å². The van der Waals surface area contributed by atoms with Gasteiger partial charge in [-0.05, 0) is 19.1 Å². The molecule has 1 aromatic heterocycles. The van der Waals surface area contributed by atoms with Crippen LogP contribution in [-0.4, -0.2) is 17.1 Å². The molecule has 2 aromatic rings.